The first kappa shape index (κ1) is 81.0. The summed E-state index contributed by atoms with van der Waals surface area (Å²) in [5, 5.41) is 83.6. The van der Waals surface area contributed by atoms with Crippen molar-refractivity contribution in [3.8, 4) is 46.0 Å². The Morgan fingerprint density at radius 2 is 0.812 bits per heavy atom. The minimum Gasteiger partial charge on any atom is -0.507 e. The molecule has 0 saturated carbocycles. The molecule has 13 heteroatoms. The van der Waals surface area contributed by atoms with Crippen molar-refractivity contribution >= 4 is 19.8 Å². The molecule has 101 heavy (non-hydrogen) atoms. The van der Waals surface area contributed by atoms with Gasteiger partial charge in [0.15, 0.2) is 0 Å². The van der Waals surface area contributed by atoms with Crippen molar-refractivity contribution in [3.05, 3.63) is 163 Å². The van der Waals surface area contributed by atoms with Crippen LogP contribution in [0.2, 0.25) is 6.80 Å². The molecular formula is C88H127BO12. The molecule has 2 aliphatic heterocycles. The van der Waals surface area contributed by atoms with E-state index in [1.807, 2.05) is 51.1 Å². The molecule has 2 radical (unpaired) electrons. The molecule has 6 aliphatic rings. The molecule has 10 rings (SSSR count). The van der Waals surface area contributed by atoms with Gasteiger partial charge in [-0.3, -0.25) is 0 Å². The molecule has 2 heterocycles. The number of hydrogen-bond acceptors (Lipinski definition) is 10. The summed E-state index contributed by atoms with van der Waals surface area (Å²) < 4.78 is 24.4. The highest BCUT2D eigenvalue weighted by Gasteiger charge is 2.48. The fraction of sp³-hybridized carbons (Fsp3) is 0.568. The molecule has 0 saturated heterocycles. The Hall–Kier alpha value is -7.28. The molecule has 12 nitrogen and oxygen atoms in total. The second-order valence-corrected chi connectivity index (χ2v) is 30.7. The monoisotopic (exact) mass is 1390 g/mol. The number of aromatic carboxylic acids is 2. The van der Waals surface area contributed by atoms with E-state index in [-0.39, 0.29) is 99.3 Å². The first-order chi connectivity index (χ1) is 48.8. The maximum absolute atomic E-state index is 11.9. The van der Waals surface area contributed by atoms with E-state index in [2.05, 4.69) is 121 Å². The maximum atomic E-state index is 11.9. The van der Waals surface area contributed by atoms with Gasteiger partial charge in [0.2, 0.25) is 0 Å². The third-order valence-electron chi connectivity index (χ3n) is 21.9. The van der Waals surface area contributed by atoms with Gasteiger partial charge >= 0.3 is 11.9 Å². The van der Waals surface area contributed by atoms with E-state index in [4.69, 9.17) is 12.2 Å². The van der Waals surface area contributed by atoms with Gasteiger partial charge in [0, 0.05) is 60.5 Å². The average Bonchev–Trinajstić information content (AvgIpc) is 0.737. The minimum absolute atomic E-state index is 0. The van der Waals surface area contributed by atoms with Crippen molar-refractivity contribution in [3.63, 3.8) is 0 Å². The number of fused-ring (bicyclic) bond motifs is 6. The van der Waals surface area contributed by atoms with Gasteiger partial charge in [-0.05, 0) is 242 Å². The number of carboxylic acids is 2. The lowest BCUT2D eigenvalue weighted by Crippen LogP contribution is -2.45. The maximum Gasteiger partial charge on any atom is 0.339 e. The smallest absolute Gasteiger partial charge is 0.339 e. The van der Waals surface area contributed by atoms with Gasteiger partial charge in [0.05, 0.1) is 7.85 Å². The zero-order valence-electron chi connectivity index (χ0n) is 66.3. The Kier molecular flexibility index (Phi) is 30.7. The van der Waals surface area contributed by atoms with E-state index in [9.17, 15) is 50.4 Å². The van der Waals surface area contributed by atoms with Crippen molar-refractivity contribution in [1.82, 2.24) is 0 Å². The first-order valence-corrected chi connectivity index (χ1v) is 37.5. The number of aromatic hydroxyl groups is 6. The highest BCUT2D eigenvalue weighted by Crippen LogP contribution is 2.57. The molecule has 4 aromatic carbocycles. The quantitative estimate of drug-likeness (QED) is 0.0210. The van der Waals surface area contributed by atoms with Crippen molar-refractivity contribution < 1.29 is 62.7 Å². The molecule has 8 N–H and O–H groups in total. The summed E-state index contributed by atoms with van der Waals surface area (Å²) in [4.78, 5) is 23.7. The summed E-state index contributed by atoms with van der Waals surface area (Å²) in [6.07, 6.45) is 32.9. The number of allylic oxidation sites excluding steroid dienone is 10. The second-order valence-electron chi connectivity index (χ2n) is 30.7. The second kappa shape index (κ2) is 38.3. The zero-order chi connectivity index (χ0) is 76.8. The first-order valence-electron chi connectivity index (χ1n) is 39.2. The van der Waals surface area contributed by atoms with Crippen LogP contribution in [0.15, 0.2) is 107 Å². The summed E-state index contributed by atoms with van der Waals surface area (Å²) >= 11 is 0. The summed E-state index contributed by atoms with van der Waals surface area (Å²) in [7, 11) is 5.76. The van der Waals surface area contributed by atoms with E-state index < -0.39 is 11.9 Å². The van der Waals surface area contributed by atoms with Gasteiger partial charge in [-0.25, -0.2) is 9.59 Å². The lowest BCUT2D eigenvalue weighted by atomic mass is 9.67. The summed E-state index contributed by atoms with van der Waals surface area (Å²) in [6.45, 7) is 37.8. The highest BCUT2D eigenvalue weighted by atomic mass is 16.5. The van der Waals surface area contributed by atoms with E-state index in [0.717, 1.165) is 137 Å². The summed E-state index contributed by atoms with van der Waals surface area (Å²) in [5.41, 5.74) is 12.8. The Bertz CT molecular complexity index is 3640. The number of rotatable bonds is 22. The summed E-state index contributed by atoms with van der Waals surface area (Å²) in [6, 6.07) is 11.2. The standard InChI is InChI=1S/2C22H30O4.2C21H30O2.CH3B.CH4/c1-5-6-7-8-14-12-17-19(20(23)18(14)21(24)25)15-11-13(2)9-10-16(15)22(3,4)26-17;1-5-6-7-8-15-12-18(23)20(21(24)19(15)22(25)26)17-11-14(4)9-10-16(17)13(2)3;1-5-6-7-8-15-12-18(22)20-16-11-14(2)9-10-17(16)21(3,4)23-19(20)13-15;1-5-6-7-8-16-12-19(22)21(20(23)13-16)18-11-15(4)9-10-17(18)14(2)3;1-2;/h11-12,15-16,23H,5-10H2,1-4H3,(H,24,25);11-12,16-17,23-24H,2,5-10H2,1,3-4H3,(H,25,26);11-13,16-17,22H,5-10H2,1-4H3;11-13,17-18,22-23H,2,5-10H2,1,3-4H3;1H3;1H4/t15-,16-;16-,17+;16-,17-;17-,18+;;/m1010../s1/i;;;;1D;1T. The largest absolute Gasteiger partial charge is 0.507 e. The number of carbonyl (C=O) groups is 2. The normalized spacial score (nSPS) is 21.9. The van der Waals surface area contributed by atoms with Gasteiger partial charge in [0.1, 0.15) is 68.3 Å². The molecule has 0 spiro atoms. The fourth-order valence-corrected chi connectivity index (χ4v) is 16.5. The number of unbranched alkanes of at least 4 members (excludes halogenated alkanes) is 8. The number of aryl methyl sites for hydroxylation is 4. The molecule has 0 aromatic heterocycles. The molecule has 4 aliphatic carbocycles. The molecule has 554 valence electrons. The molecule has 8 atom stereocenters. The Balaban J connectivity index is 0.000000242. The lowest BCUT2D eigenvalue weighted by Gasteiger charge is -2.46. The molecule has 0 bridgehead atoms. The third kappa shape index (κ3) is 21.0. The number of carboxylic acid groups (broad SMARTS) is 2. The zero-order valence-corrected chi connectivity index (χ0v) is 64.3. The predicted molar refractivity (Wildman–Crippen MR) is 417 cm³/mol. The Morgan fingerprint density at radius 1 is 0.495 bits per heavy atom. The van der Waals surface area contributed by atoms with Crippen molar-refractivity contribution in [2.45, 2.75) is 300 Å². The Morgan fingerprint density at radius 3 is 1.21 bits per heavy atom. The number of ether oxygens (including phenoxy) is 2. The van der Waals surface area contributed by atoms with E-state index in [1.165, 1.54) is 73.4 Å². The van der Waals surface area contributed by atoms with Crippen molar-refractivity contribution in [2.75, 3.05) is 0 Å². The van der Waals surface area contributed by atoms with E-state index in [0.29, 0.717) is 58.1 Å². The highest BCUT2D eigenvalue weighted by molar-refractivity contribution is 6.05. The molecule has 4 aromatic rings. The SMILES string of the molecule is C=C(C)[C@@H]1CCC(C)=C[C@H]1c1c(O)cc(CCCCC)c(C(=O)O)c1O.C=C(C)[C@@H]1CCC(C)=C[C@H]1c1c(O)cc(CCCCC)cc1O.CCCCCc1cc(O)c2c(c1)OC(C)(C)[C@@H]1CCC(C)=C[C@@H]21.CCCCCc1cc2c(c(O)c1C(=O)O)[C@@H]1C=C(C)CC[C@H]1C(C)(C)O2.[2H]C[B].[3H]C. The van der Waals surface area contributed by atoms with Crippen LogP contribution in [0.25, 0.3) is 0 Å². The minimum atomic E-state index is -1.15. The predicted octanol–water partition coefficient (Wildman–Crippen LogP) is 23.4. The van der Waals surface area contributed by atoms with Gasteiger partial charge < -0.3 is 50.3 Å². The lowest BCUT2D eigenvalue weighted by molar-refractivity contribution is 0.0103. The summed E-state index contributed by atoms with van der Waals surface area (Å²) in [5.74, 6) is 0.844. The van der Waals surface area contributed by atoms with Gasteiger partial charge in [-0.15, -0.1) is 0 Å². The molecular weight excluding hydrogens is 1260 g/mol. The Labute approximate surface area is 612 Å². The van der Waals surface area contributed by atoms with E-state index in [1.54, 1.807) is 0 Å². The van der Waals surface area contributed by atoms with Crippen LogP contribution < -0.4 is 9.47 Å². The third-order valence-corrected chi connectivity index (χ3v) is 21.9. The van der Waals surface area contributed by atoms with E-state index >= 15 is 0 Å². The van der Waals surface area contributed by atoms with Crippen LogP contribution in [-0.4, -0.2) is 71.8 Å². The van der Waals surface area contributed by atoms with Crippen molar-refractivity contribution in [2.24, 2.45) is 23.7 Å². The van der Waals surface area contributed by atoms with Crippen LogP contribution in [-0.2, 0) is 25.7 Å². The van der Waals surface area contributed by atoms with Crippen LogP contribution in [0.3, 0.4) is 0 Å². The number of benzene rings is 4. The number of hydrogen-bond donors (Lipinski definition) is 8. The molecule has 0 fully saturated rings. The van der Waals surface area contributed by atoms with Crippen molar-refractivity contribution in [1.29, 1.82) is 0 Å². The topological polar surface area (TPSA) is 214 Å². The van der Waals surface area contributed by atoms with Crippen LogP contribution in [0.1, 0.15) is 324 Å². The van der Waals surface area contributed by atoms with Gasteiger partial charge in [-0.1, -0.05) is 164 Å². The van der Waals surface area contributed by atoms with Gasteiger partial charge in [0.25, 0.3) is 0 Å². The van der Waals surface area contributed by atoms with Crippen LogP contribution in [0.5, 0.6) is 46.0 Å². The van der Waals surface area contributed by atoms with Crippen LogP contribution >= 0.6 is 0 Å². The molecule has 0 unspecified atom stereocenters. The van der Waals surface area contributed by atoms with Gasteiger partial charge in [-0.2, -0.15) is 0 Å². The van der Waals surface area contributed by atoms with Crippen LogP contribution in [0, 0.1) is 23.7 Å². The fourth-order valence-electron chi connectivity index (χ4n) is 16.5. The molecule has 0 amide bonds. The number of phenols is 6. The average molecular weight is 1390 g/mol. The number of phenolic OH excluding ortho intramolecular Hbond substituents is 4. The van der Waals surface area contributed by atoms with Crippen LogP contribution in [0.4, 0.5) is 0 Å².